The molecule has 0 spiro atoms. The van der Waals surface area contributed by atoms with Crippen LogP contribution in [-0.4, -0.2) is 32.7 Å². The number of sulfonamides is 1. The first kappa shape index (κ1) is 27.4. The number of azo groups is 1. The molecule has 0 radical (unpaired) electrons. The maximum Gasteiger partial charge on any atom is 0.242 e. The van der Waals surface area contributed by atoms with Crippen LogP contribution in [0.1, 0.15) is 11.1 Å². The number of halogens is 4. The Balaban J connectivity index is 1.78. The molecule has 35 heavy (non-hydrogen) atoms. The standard InChI is InChI=1S/C23H20Cl4N4O3S/c1-13-7-8-15(12-20(13)35(33,34)31(2)3)28-21(32)11-14-9-18(26)23(19(27)10-14)30-29-22-16(24)5-4-6-17(22)25/h4-10,12H,11H2,1-3H3,(H,28,32). The van der Waals surface area contributed by atoms with Gasteiger partial charge in [0.15, 0.2) is 0 Å². The first-order chi connectivity index (χ1) is 16.4. The highest BCUT2D eigenvalue weighted by Crippen LogP contribution is 2.38. The van der Waals surface area contributed by atoms with Crippen LogP contribution in [0.3, 0.4) is 0 Å². The van der Waals surface area contributed by atoms with E-state index in [1.807, 2.05) is 0 Å². The molecular weight excluding hydrogens is 554 g/mol. The predicted molar refractivity (Wildman–Crippen MR) is 141 cm³/mol. The van der Waals surface area contributed by atoms with Gasteiger partial charge >= 0.3 is 0 Å². The highest BCUT2D eigenvalue weighted by atomic mass is 35.5. The average Bonchev–Trinajstić information content (AvgIpc) is 2.76. The molecule has 1 amide bonds. The Kier molecular flexibility index (Phi) is 8.80. The van der Waals surface area contributed by atoms with Gasteiger partial charge in [-0.15, -0.1) is 10.2 Å². The Morgan fingerprint density at radius 3 is 1.97 bits per heavy atom. The Bertz CT molecular complexity index is 1380. The SMILES string of the molecule is Cc1ccc(NC(=O)Cc2cc(Cl)c(N=Nc3c(Cl)cccc3Cl)c(Cl)c2)cc1S(=O)(=O)N(C)C. The van der Waals surface area contributed by atoms with E-state index in [0.29, 0.717) is 26.9 Å². The second-order valence-corrected chi connectivity index (χ2v) is 11.4. The van der Waals surface area contributed by atoms with Gasteiger partial charge in [0.1, 0.15) is 11.4 Å². The topological polar surface area (TPSA) is 91.2 Å². The normalized spacial score (nSPS) is 11.9. The van der Waals surface area contributed by atoms with E-state index in [4.69, 9.17) is 46.4 Å². The van der Waals surface area contributed by atoms with Crippen molar-refractivity contribution in [1.82, 2.24) is 4.31 Å². The summed E-state index contributed by atoms with van der Waals surface area (Å²) < 4.78 is 26.2. The molecule has 3 aromatic rings. The maximum absolute atomic E-state index is 12.6. The van der Waals surface area contributed by atoms with Crippen molar-refractivity contribution in [2.75, 3.05) is 19.4 Å². The van der Waals surface area contributed by atoms with Crippen LogP contribution in [-0.2, 0) is 21.2 Å². The molecule has 0 heterocycles. The number of aryl methyl sites for hydroxylation is 1. The fourth-order valence-corrected chi connectivity index (χ4v) is 5.27. The number of rotatable bonds is 7. The van der Waals surface area contributed by atoms with Crippen molar-refractivity contribution in [1.29, 1.82) is 0 Å². The molecule has 0 saturated heterocycles. The molecule has 0 aliphatic heterocycles. The van der Waals surface area contributed by atoms with Crippen LogP contribution in [0.25, 0.3) is 0 Å². The van der Waals surface area contributed by atoms with Crippen molar-refractivity contribution in [3.05, 3.63) is 79.7 Å². The van der Waals surface area contributed by atoms with E-state index in [2.05, 4.69) is 15.5 Å². The van der Waals surface area contributed by atoms with E-state index in [0.717, 1.165) is 4.31 Å². The summed E-state index contributed by atoms with van der Waals surface area (Å²) in [6.45, 7) is 1.69. The second kappa shape index (κ2) is 11.2. The molecule has 0 aliphatic rings. The van der Waals surface area contributed by atoms with Gasteiger partial charge in [-0.1, -0.05) is 58.5 Å². The van der Waals surface area contributed by atoms with Gasteiger partial charge in [-0.05, 0) is 54.4 Å². The summed E-state index contributed by atoms with van der Waals surface area (Å²) in [5.74, 6) is -0.383. The molecule has 184 valence electrons. The van der Waals surface area contributed by atoms with Crippen molar-refractivity contribution in [2.24, 2.45) is 10.2 Å². The van der Waals surface area contributed by atoms with Gasteiger partial charge in [0.25, 0.3) is 0 Å². The molecule has 1 N–H and O–H groups in total. The van der Waals surface area contributed by atoms with Gasteiger partial charge in [0.05, 0.1) is 31.4 Å². The maximum atomic E-state index is 12.6. The number of nitrogens with one attached hydrogen (secondary N) is 1. The molecular formula is C23H20Cl4N4O3S. The van der Waals surface area contributed by atoms with Crippen molar-refractivity contribution in [3.63, 3.8) is 0 Å². The van der Waals surface area contributed by atoms with Gasteiger partial charge in [-0.25, -0.2) is 12.7 Å². The van der Waals surface area contributed by atoms with E-state index in [1.54, 1.807) is 49.4 Å². The van der Waals surface area contributed by atoms with Gasteiger partial charge in [0.2, 0.25) is 15.9 Å². The fraction of sp³-hybridized carbons (Fsp3) is 0.174. The number of hydrogen-bond donors (Lipinski definition) is 1. The summed E-state index contributed by atoms with van der Waals surface area (Å²) in [4.78, 5) is 12.7. The summed E-state index contributed by atoms with van der Waals surface area (Å²) in [5.41, 5.74) is 1.92. The Morgan fingerprint density at radius 2 is 1.43 bits per heavy atom. The molecule has 3 aromatic carbocycles. The second-order valence-electron chi connectivity index (χ2n) is 7.67. The lowest BCUT2D eigenvalue weighted by Crippen LogP contribution is -2.23. The Labute approximate surface area is 223 Å². The molecule has 0 saturated carbocycles. The van der Waals surface area contributed by atoms with Crippen LogP contribution in [0.5, 0.6) is 0 Å². The number of nitrogens with zero attached hydrogens (tertiary/aromatic N) is 3. The highest BCUT2D eigenvalue weighted by molar-refractivity contribution is 7.89. The van der Waals surface area contributed by atoms with Crippen LogP contribution >= 0.6 is 46.4 Å². The molecule has 7 nitrogen and oxygen atoms in total. The predicted octanol–water partition coefficient (Wildman–Crippen LogP) is 7.46. The van der Waals surface area contributed by atoms with Crippen LogP contribution in [0.4, 0.5) is 17.1 Å². The zero-order chi connectivity index (χ0) is 25.9. The average molecular weight is 574 g/mol. The van der Waals surface area contributed by atoms with Crippen LogP contribution in [0.15, 0.2) is 63.7 Å². The van der Waals surface area contributed by atoms with Crippen molar-refractivity contribution in [2.45, 2.75) is 18.2 Å². The number of hydrogen-bond acceptors (Lipinski definition) is 5. The Hall–Kier alpha value is -2.20. The largest absolute Gasteiger partial charge is 0.326 e. The van der Waals surface area contributed by atoms with Crippen LogP contribution in [0.2, 0.25) is 20.1 Å². The number of carbonyl (C=O) groups excluding carboxylic acids is 1. The van der Waals surface area contributed by atoms with Crippen LogP contribution < -0.4 is 5.32 Å². The zero-order valence-electron chi connectivity index (χ0n) is 18.8. The third-order valence-electron chi connectivity index (χ3n) is 4.86. The summed E-state index contributed by atoms with van der Waals surface area (Å²) in [6.07, 6.45) is -0.0587. The quantitative estimate of drug-likeness (QED) is 0.297. The molecule has 0 aromatic heterocycles. The third kappa shape index (κ3) is 6.52. The number of carbonyl (C=O) groups is 1. The van der Waals surface area contributed by atoms with Gasteiger partial charge in [-0.2, -0.15) is 0 Å². The number of benzene rings is 3. The lowest BCUT2D eigenvalue weighted by Gasteiger charge is -2.15. The zero-order valence-corrected chi connectivity index (χ0v) is 22.7. The van der Waals surface area contributed by atoms with E-state index >= 15 is 0 Å². The molecule has 3 rings (SSSR count). The van der Waals surface area contributed by atoms with E-state index in [9.17, 15) is 13.2 Å². The fourth-order valence-electron chi connectivity index (χ4n) is 3.04. The minimum Gasteiger partial charge on any atom is -0.326 e. The van der Waals surface area contributed by atoms with Crippen molar-refractivity contribution >= 4 is 79.4 Å². The van der Waals surface area contributed by atoms with Gasteiger partial charge in [0, 0.05) is 19.8 Å². The summed E-state index contributed by atoms with van der Waals surface area (Å²) in [7, 11) is -0.772. The summed E-state index contributed by atoms with van der Waals surface area (Å²) >= 11 is 24.9. The lowest BCUT2D eigenvalue weighted by atomic mass is 10.1. The van der Waals surface area contributed by atoms with Crippen molar-refractivity contribution in [3.8, 4) is 0 Å². The third-order valence-corrected chi connectivity index (χ3v) is 8.00. The lowest BCUT2D eigenvalue weighted by molar-refractivity contribution is -0.115. The highest BCUT2D eigenvalue weighted by Gasteiger charge is 2.20. The molecule has 0 bridgehead atoms. The molecule has 12 heteroatoms. The molecule has 0 fully saturated rings. The van der Waals surface area contributed by atoms with Crippen molar-refractivity contribution < 1.29 is 13.2 Å². The van der Waals surface area contributed by atoms with E-state index in [-0.39, 0.29) is 38.6 Å². The monoisotopic (exact) mass is 572 g/mol. The van der Waals surface area contributed by atoms with E-state index in [1.165, 1.54) is 20.2 Å². The smallest absolute Gasteiger partial charge is 0.242 e. The first-order valence-electron chi connectivity index (χ1n) is 10.1. The molecule has 0 aliphatic carbocycles. The van der Waals surface area contributed by atoms with Gasteiger partial charge < -0.3 is 5.32 Å². The summed E-state index contributed by atoms with van der Waals surface area (Å²) in [6, 6.07) is 12.7. The van der Waals surface area contributed by atoms with Gasteiger partial charge in [-0.3, -0.25) is 4.79 Å². The minimum atomic E-state index is -3.66. The minimum absolute atomic E-state index is 0.0587. The number of amides is 1. The molecule has 0 atom stereocenters. The first-order valence-corrected chi connectivity index (χ1v) is 13.0. The summed E-state index contributed by atoms with van der Waals surface area (Å²) in [5, 5.41) is 11.8. The van der Waals surface area contributed by atoms with Crippen LogP contribution in [0, 0.1) is 6.92 Å². The van der Waals surface area contributed by atoms with E-state index < -0.39 is 10.0 Å². The molecule has 0 unspecified atom stereocenters. The Morgan fingerprint density at radius 1 is 0.886 bits per heavy atom. The number of anilines is 1.